The molecule has 8 aromatic carbocycles. The summed E-state index contributed by atoms with van der Waals surface area (Å²) in [6.45, 7) is 0. The SMILES string of the molecule is c1ccc(-c2ccc3c(c2)c2ccccc2n3-c2ccc3c(c2)oc2cccc(-c4ccc(C5Nc6ccccc6N5c5ccccc5)cc4)c23)cc1. The van der Waals surface area contributed by atoms with Crippen LogP contribution >= 0.6 is 0 Å². The molecule has 0 bridgehead atoms. The monoisotopic (exact) mass is 679 g/mol. The van der Waals surface area contributed by atoms with Crippen LogP contribution in [0.5, 0.6) is 0 Å². The van der Waals surface area contributed by atoms with Crippen LogP contribution < -0.4 is 10.2 Å². The van der Waals surface area contributed by atoms with Crippen molar-refractivity contribution >= 4 is 60.8 Å². The van der Waals surface area contributed by atoms with Crippen LogP contribution in [0.25, 0.3) is 71.7 Å². The van der Waals surface area contributed by atoms with E-state index in [-0.39, 0.29) is 6.17 Å². The first-order chi connectivity index (χ1) is 26.3. The molecule has 1 unspecified atom stereocenters. The van der Waals surface area contributed by atoms with Gasteiger partial charge in [-0.15, -0.1) is 0 Å². The fraction of sp³-hybridized carbons (Fsp3) is 0.0204. The average Bonchev–Trinajstić information content (AvgIpc) is 3.91. The van der Waals surface area contributed by atoms with E-state index in [0.717, 1.165) is 50.1 Å². The number of hydrogen-bond donors (Lipinski definition) is 1. The summed E-state index contributed by atoms with van der Waals surface area (Å²) >= 11 is 0. The first-order valence-corrected chi connectivity index (χ1v) is 18.1. The topological polar surface area (TPSA) is 33.3 Å². The summed E-state index contributed by atoms with van der Waals surface area (Å²) in [6.07, 6.45) is -0.0152. The molecule has 0 fully saturated rings. The zero-order valence-corrected chi connectivity index (χ0v) is 28.8. The van der Waals surface area contributed by atoms with E-state index in [1.165, 1.54) is 44.2 Å². The molecule has 0 aliphatic carbocycles. The highest BCUT2D eigenvalue weighted by molar-refractivity contribution is 6.14. The molecule has 3 heterocycles. The maximum Gasteiger partial charge on any atom is 0.137 e. The Morgan fingerprint density at radius 1 is 0.453 bits per heavy atom. The van der Waals surface area contributed by atoms with E-state index in [9.17, 15) is 0 Å². The van der Waals surface area contributed by atoms with Gasteiger partial charge in [-0.25, -0.2) is 0 Å². The average molecular weight is 680 g/mol. The third kappa shape index (κ3) is 4.69. The Hall–Kier alpha value is -7.04. The molecule has 0 spiro atoms. The summed E-state index contributed by atoms with van der Waals surface area (Å²) in [5.74, 6) is 0. The van der Waals surface area contributed by atoms with Gasteiger partial charge in [0.25, 0.3) is 0 Å². The third-order valence-corrected chi connectivity index (χ3v) is 10.8. The van der Waals surface area contributed by atoms with Gasteiger partial charge in [0.1, 0.15) is 17.3 Å². The molecule has 0 saturated heterocycles. The van der Waals surface area contributed by atoms with Crippen LogP contribution in [0.15, 0.2) is 192 Å². The number of aromatic nitrogens is 1. The molecule has 1 aliphatic heterocycles. The van der Waals surface area contributed by atoms with Crippen LogP contribution in [0.3, 0.4) is 0 Å². The Morgan fingerprint density at radius 2 is 1.19 bits per heavy atom. The van der Waals surface area contributed by atoms with Crippen molar-refractivity contribution in [1.29, 1.82) is 0 Å². The number of anilines is 3. The van der Waals surface area contributed by atoms with E-state index >= 15 is 0 Å². The number of para-hydroxylation sites is 4. The Kier molecular flexibility index (Phi) is 6.58. The summed E-state index contributed by atoms with van der Waals surface area (Å²) in [7, 11) is 0. The van der Waals surface area contributed by atoms with Crippen molar-refractivity contribution in [2.24, 2.45) is 0 Å². The Labute approximate surface area is 306 Å². The van der Waals surface area contributed by atoms with Gasteiger partial charge in [-0.1, -0.05) is 121 Å². The van der Waals surface area contributed by atoms with Crippen molar-refractivity contribution < 1.29 is 4.42 Å². The second-order valence-electron chi connectivity index (χ2n) is 13.8. The van der Waals surface area contributed by atoms with Crippen LogP contribution in [0, 0.1) is 0 Å². The van der Waals surface area contributed by atoms with Gasteiger partial charge in [0.05, 0.1) is 22.4 Å². The molecule has 250 valence electrons. The number of nitrogens with one attached hydrogen (secondary N) is 1. The van der Waals surface area contributed by atoms with Crippen LogP contribution in [0.2, 0.25) is 0 Å². The van der Waals surface area contributed by atoms with Crippen molar-refractivity contribution in [3.8, 4) is 27.9 Å². The molecule has 2 aromatic heterocycles. The fourth-order valence-electron chi connectivity index (χ4n) is 8.37. The molecule has 10 aromatic rings. The summed E-state index contributed by atoms with van der Waals surface area (Å²) in [5.41, 5.74) is 14.6. The molecule has 0 radical (unpaired) electrons. The summed E-state index contributed by atoms with van der Waals surface area (Å²) in [6, 6.07) is 67.2. The molecular formula is C49H33N3O. The van der Waals surface area contributed by atoms with E-state index in [4.69, 9.17) is 4.42 Å². The lowest BCUT2D eigenvalue weighted by Gasteiger charge is -2.27. The predicted molar refractivity (Wildman–Crippen MR) is 220 cm³/mol. The standard InChI is InChI=1S/C49H33N3O/c1-3-12-32(13-4-1)35-26-29-44-41(30-35)39-16-7-9-19-43(39)51(44)37-27-28-40-47(31-37)53-46-21-11-17-38(48(40)46)33-22-24-34(25-23-33)49-50-42-18-8-10-20-45(42)52(49)36-14-5-2-6-15-36/h1-31,49-50H. The van der Waals surface area contributed by atoms with Gasteiger partial charge in [-0.05, 0) is 88.5 Å². The number of rotatable bonds is 5. The van der Waals surface area contributed by atoms with Crippen molar-refractivity contribution in [1.82, 2.24) is 4.57 Å². The normalized spacial score (nSPS) is 14.0. The molecule has 1 aliphatic rings. The molecule has 0 saturated carbocycles. The van der Waals surface area contributed by atoms with Crippen molar-refractivity contribution in [2.75, 3.05) is 10.2 Å². The molecule has 1 atom stereocenters. The van der Waals surface area contributed by atoms with Gasteiger partial charge in [0.2, 0.25) is 0 Å². The van der Waals surface area contributed by atoms with Crippen LogP contribution in [0.1, 0.15) is 11.7 Å². The minimum Gasteiger partial charge on any atom is -0.456 e. The maximum absolute atomic E-state index is 6.63. The molecule has 53 heavy (non-hydrogen) atoms. The molecule has 4 nitrogen and oxygen atoms in total. The molecule has 4 heteroatoms. The molecule has 1 N–H and O–H groups in total. The Bertz CT molecular complexity index is 2980. The highest BCUT2D eigenvalue weighted by Crippen LogP contribution is 2.46. The second-order valence-corrected chi connectivity index (χ2v) is 13.8. The van der Waals surface area contributed by atoms with Crippen LogP contribution in [0.4, 0.5) is 17.1 Å². The number of furan rings is 1. The zero-order chi connectivity index (χ0) is 34.9. The molecule has 0 amide bonds. The number of hydrogen-bond acceptors (Lipinski definition) is 3. The van der Waals surface area contributed by atoms with E-state index in [2.05, 4.69) is 203 Å². The van der Waals surface area contributed by atoms with Gasteiger partial charge in [0, 0.05) is 39.0 Å². The largest absolute Gasteiger partial charge is 0.456 e. The van der Waals surface area contributed by atoms with Gasteiger partial charge >= 0.3 is 0 Å². The summed E-state index contributed by atoms with van der Waals surface area (Å²) < 4.78 is 8.99. The molecule has 11 rings (SSSR count). The lowest BCUT2D eigenvalue weighted by molar-refractivity contribution is 0.668. The first kappa shape index (κ1) is 29.7. The van der Waals surface area contributed by atoms with Gasteiger partial charge < -0.3 is 19.2 Å². The van der Waals surface area contributed by atoms with Gasteiger partial charge in [-0.2, -0.15) is 0 Å². The quantitative estimate of drug-likeness (QED) is 0.197. The van der Waals surface area contributed by atoms with Crippen molar-refractivity contribution in [2.45, 2.75) is 6.17 Å². The minimum absolute atomic E-state index is 0.0152. The smallest absolute Gasteiger partial charge is 0.137 e. The van der Waals surface area contributed by atoms with Gasteiger partial charge in [-0.3, -0.25) is 0 Å². The van der Waals surface area contributed by atoms with E-state index in [1.807, 2.05) is 0 Å². The van der Waals surface area contributed by atoms with E-state index in [0.29, 0.717) is 0 Å². The van der Waals surface area contributed by atoms with Crippen LogP contribution in [-0.2, 0) is 0 Å². The predicted octanol–water partition coefficient (Wildman–Crippen LogP) is 13.3. The van der Waals surface area contributed by atoms with Crippen molar-refractivity contribution in [3.63, 3.8) is 0 Å². The lowest BCUT2D eigenvalue weighted by Crippen LogP contribution is -2.23. The fourth-order valence-corrected chi connectivity index (χ4v) is 8.37. The Balaban J connectivity index is 0.989. The van der Waals surface area contributed by atoms with E-state index < -0.39 is 0 Å². The second kappa shape index (κ2) is 11.8. The van der Waals surface area contributed by atoms with Gasteiger partial charge in [0.15, 0.2) is 0 Å². The van der Waals surface area contributed by atoms with Crippen LogP contribution in [-0.4, -0.2) is 4.57 Å². The van der Waals surface area contributed by atoms with Crippen molar-refractivity contribution in [3.05, 3.63) is 194 Å². The number of benzene rings is 8. The Morgan fingerprint density at radius 3 is 2.06 bits per heavy atom. The minimum atomic E-state index is -0.0152. The first-order valence-electron chi connectivity index (χ1n) is 18.1. The summed E-state index contributed by atoms with van der Waals surface area (Å²) in [4.78, 5) is 2.38. The third-order valence-electron chi connectivity index (χ3n) is 10.8. The maximum atomic E-state index is 6.63. The number of fused-ring (bicyclic) bond motifs is 7. The lowest BCUT2D eigenvalue weighted by atomic mass is 9.98. The highest BCUT2D eigenvalue weighted by Gasteiger charge is 2.31. The summed E-state index contributed by atoms with van der Waals surface area (Å²) in [5, 5.41) is 8.48. The number of nitrogens with zero attached hydrogens (tertiary/aromatic N) is 2. The highest BCUT2D eigenvalue weighted by atomic mass is 16.3. The molecular weight excluding hydrogens is 647 g/mol. The van der Waals surface area contributed by atoms with E-state index in [1.54, 1.807) is 0 Å². The zero-order valence-electron chi connectivity index (χ0n) is 28.8.